The molecule has 3 heterocycles. The van der Waals surface area contributed by atoms with E-state index in [0.717, 1.165) is 11.2 Å². The minimum absolute atomic E-state index is 0.1000. The van der Waals surface area contributed by atoms with Crippen LogP contribution >= 0.6 is 0 Å². The molecule has 1 aliphatic heterocycles. The number of carbonyl (C=O) groups excluding carboxylic acids is 1. The summed E-state index contributed by atoms with van der Waals surface area (Å²) >= 11 is 0. The lowest BCUT2D eigenvalue weighted by atomic mass is 10.2. The maximum absolute atomic E-state index is 12.8. The Morgan fingerprint density at radius 1 is 1.16 bits per heavy atom. The normalized spacial score (nSPS) is 14.8. The summed E-state index contributed by atoms with van der Waals surface area (Å²) in [6.07, 6.45) is 1.65. The van der Waals surface area contributed by atoms with Gasteiger partial charge in [0.05, 0.1) is 7.11 Å². The highest BCUT2D eigenvalue weighted by Gasteiger charge is 2.25. The molecule has 4 rings (SSSR count). The Bertz CT molecular complexity index is 886. The van der Waals surface area contributed by atoms with E-state index in [1.165, 1.54) is 0 Å². The van der Waals surface area contributed by atoms with Gasteiger partial charge >= 0.3 is 0 Å². The Labute approximate surface area is 144 Å². The van der Waals surface area contributed by atoms with Crippen molar-refractivity contribution in [1.82, 2.24) is 15.1 Å². The minimum Gasteiger partial charge on any atom is -0.493 e. The zero-order valence-corrected chi connectivity index (χ0v) is 13.9. The van der Waals surface area contributed by atoms with Gasteiger partial charge in [-0.15, -0.1) is 5.10 Å². The van der Waals surface area contributed by atoms with Crippen LogP contribution in [0.3, 0.4) is 0 Å². The molecule has 1 fully saturated rings. The number of amides is 1. The van der Waals surface area contributed by atoms with Gasteiger partial charge in [0.2, 0.25) is 0 Å². The van der Waals surface area contributed by atoms with Crippen LogP contribution in [0.5, 0.6) is 5.75 Å². The number of hydrogen-bond acceptors (Lipinski definition) is 6. The van der Waals surface area contributed by atoms with Gasteiger partial charge in [0.15, 0.2) is 22.9 Å². The van der Waals surface area contributed by atoms with Crippen LogP contribution in [0, 0.1) is 0 Å². The molecule has 128 valence electrons. The summed E-state index contributed by atoms with van der Waals surface area (Å²) in [5, 5.41) is 8.88. The quantitative estimate of drug-likeness (QED) is 0.729. The number of ether oxygens (including phenoxy) is 1. The molecule has 0 spiro atoms. The monoisotopic (exact) mass is 338 g/mol. The van der Waals surface area contributed by atoms with Gasteiger partial charge in [-0.2, -0.15) is 5.10 Å². The number of nitrogens with zero attached hydrogens (tertiary/aromatic N) is 4. The largest absolute Gasteiger partial charge is 0.493 e. The van der Waals surface area contributed by atoms with Crippen molar-refractivity contribution in [2.24, 2.45) is 0 Å². The highest BCUT2D eigenvalue weighted by atomic mass is 16.5. The van der Waals surface area contributed by atoms with E-state index in [2.05, 4.69) is 15.1 Å². The zero-order chi connectivity index (χ0) is 17.2. The predicted molar refractivity (Wildman–Crippen MR) is 92.9 cm³/mol. The van der Waals surface area contributed by atoms with Gasteiger partial charge in [-0.25, -0.2) is 0 Å². The lowest BCUT2D eigenvalue weighted by Gasteiger charge is -2.34. The molecule has 0 aliphatic carbocycles. The third-order valence-electron chi connectivity index (χ3n) is 4.39. The average Bonchev–Trinajstić information content (AvgIpc) is 3.12. The van der Waals surface area contributed by atoms with Gasteiger partial charge < -0.3 is 19.0 Å². The summed E-state index contributed by atoms with van der Waals surface area (Å²) in [7, 11) is 1.59. The highest BCUT2D eigenvalue weighted by Crippen LogP contribution is 2.29. The van der Waals surface area contributed by atoms with E-state index in [-0.39, 0.29) is 5.91 Å². The molecule has 0 saturated carbocycles. The van der Waals surface area contributed by atoms with E-state index < -0.39 is 0 Å². The fourth-order valence-corrected chi connectivity index (χ4v) is 3.06. The van der Waals surface area contributed by atoms with Crippen LogP contribution in [-0.4, -0.2) is 54.3 Å². The number of aromatic nitrogens is 2. The van der Waals surface area contributed by atoms with Crippen molar-refractivity contribution in [3.63, 3.8) is 0 Å². The van der Waals surface area contributed by atoms with Crippen molar-refractivity contribution in [3.05, 3.63) is 48.4 Å². The van der Waals surface area contributed by atoms with Crippen LogP contribution in [0.2, 0.25) is 0 Å². The topological polar surface area (TPSA) is 71.7 Å². The molecule has 0 atom stereocenters. The molecule has 3 aromatic rings. The van der Waals surface area contributed by atoms with E-state index >= 15 is 0 Å². The Kier molecular flexibility index (Phi) is 3.97. The van der Waals surface area contributed by atoms with E-state index in [9.17, 15) is 4.79 Å². The summed E-state index contributed by atoms with van der Waals surface area (Å²) in [5.41, 5.74) is 0.603. The van der Waals surface area contributed by atoms with Crippen LogP contribution in [0.15, 0.2) is 47.0 Å². The highest BCUT2D eigenvalue weighted by molar-refractivity contribution is 5.97. The van der Waals surface area contributed by atoms with E-state index in [1.807, 2.05) is 30.3 Å². The van der Waals surface area contributed by atoms with Crippen molar-refractivity contribution in [2.45, 2.75) is 0 Å². The number of hydrogen-bond donors (Lipinski definition) is 0. The number of rotatable bonds is 3. The molecule has 0 radical (unpaired) electrons. The second-order valence-electron chi connectivity index (χ2n) is 5.85. The van der Waals surface area contributed by atoms with Crippen LogP contribution in [0.1, 0.15) is 10.6 Å². The van der Waals surface area contributed by atoms with Gasteiger partial charge in [0.1, 0.15) is 0 Å². The molecule has 7 nitrogen and oxygen atoms in total. The Hall–Kier alpha value is -3.09. The van der Waals surface area contributed by atoms with Crippen LogP contribution in [-0.2, 0) is 0 Å². The van der Waals surface area contributed by atoms with Crippen molar-refractivity contribution in [1.29, 1.82) is 0 Å². The van der Waals surface area contributed by atoms with Gasteiger partial charge in [0.25, 0.3) is 5.91 Å². The van der Waals surface area contributed by atoms with E-state index in [0.29, 0.717) is 43.3 Å². The van der Waals surface area contributed by atoms with Crippen LogP contribution in [0.4, 0.5) is 5.82 Å². The van der Waals surface area contributed by atoms with Gasteiger partial charge in [0, 0.05) is 37.8 Å². The lowest BCUT2D eigenvalue weighted by molar-refractivity contribution is 0.0716. The standard InChI is InChI=1S/C18H18N4O3/c1-24-14-5-2-4-13-12-15(25-17(13)14)18(23)22-10-8-21(9-11-22)16-6-3-7-19-20-16/h2-7,12H,8-11H2,1H3. The summed E-state index contributed by atoms with van der Waals surface area (Å²) in [6, 6.07) is 11.2. The van der Waals surface area contributed by atoms with Crippen molar-refractivity contribution < 1.29 is 13.9 Å². The first-order valence-corrected chi connectivity index (χ1v) is 8.15. The summed E-state index contributed by atoms with van der Waals surface area (Å²) in [6.45, 7) is 2.66. The van der Waals surface area contributed by atoms with Crippen molar-refractivity contribution >= 4 is 22.7 Å². The zero-order valence-electron chi connectivity index (χ0n) is 13.9. The Morgan fingerprint density at radius 3 is 2.72 bits per heavy atom. The number of piperazine rings is 1. The molecule has 0 bridgehead atoms. The SMILES string of the molecule is COc1cccc2cc(C(=O)N3CCN(c4cccnn4)CC3)oc12. The molecule has 0 N–H and O–H groups in total. The molecule has 1 aliphatic rings. The third-order valence-corrected chi connectivity index (χ3v) is 4.39. The molecule has 1 amide bonds. The number of benzene rings is 1. The average molecular weight is 338 g/mol. The lowest BCUT2D eigenvalue weighted by Crippen LogP contribution is -2.49. The fraction of sp³-hybridized carbons (Fsp3) is 0.278. The number of fused-ring (bicyclic) bond motifs is 1. The molecule has 2 aromatic heterocycles. The number of anilines is 1. The number of para-hydroxylation sites is 1. The van der Waals surface area contributed by atoms with E-state index in [4.69, 9.17) is 9.15 Å². The molecular weight excluding hydrogens is 320 g/mol. The van der Waals surface area contributed by atoms with Gasteiger partial charge in [-0.1, -0.05) is 12.1 Å². The maximum atomic E-state index is 12.8. The summed E-state index contributed by atoms with van der Waals surface area (Å²) in [4.78, 5) is 16.7. The maximum Gasteiger partial charge on any atom is 0.289 e. The Balaban J connectivity index is 1.49. The molecular formula is C18H18N4O3. The minimum atomic E-state index is -0.1000. The van der Waals surface area contributed by atoms with Crippen LogP contribution in [0.25, 0.3) is 11.0 Å². The van der Waals surface area contributed by atoms with Gasteiger partial charge in [-0.05, 0) is 24.3 Å². The second kappa shape index (κ2) is 6.43. The number of methoxy groups -OCH3 is 1. The molecule has 7 heteroatoms. The second-order valence-corrected chi connectivity index (χ2v) is 5.85. The van der Waals surface area contributed by atoms with Crippen molar-refractivity contribution in [2.75, 3.05) is 38.2 Å². The predicted octanol–water partition coefficient (Wildman–Crippen LogP) is 2.19. The molecule has 25 heavy (non-hydrogen) atoms. The van der Waals surface area contributed by atoms with Crippen molar-refractivity contribution in [3.8, 4) is 5.75 Å². The third kappa shape index (κ3) is 2.88. The van der Waals surface area contributed by atoms with E-state index in [1.54, 1.807) is 24.3 Å². The summed E-state index contributed by atoms with van der Waals surface area (Å²) < 4.78 is 11.1. The number of carbonyl (C=O) groups is 1. The Morgan fingerprint density at radius 2 is 2.00 bits per heavy atom. The summed E-state index contributed by atoms with van der Waals surface area (Å²) in [5.74, 6) is 1.71. The molecule has 1 aromatic carbocycles. The fourth-order valence-electron chi connectivity index (χ4n) is 3.06. The molecule has 0 unspecified atom stereocenters. The van der Waals surface area contributed by atoms with Crippen LogP contribution < -0.4 is 9.64 Å². The first-order valence-electron chi connectivity index (χ1n) is 8.15. The first-order chi connectivity index (χ1) is 12.3. The number of furan rings is 1. The van der Waals surface area contributed by atoms with Gasteiger partial charge in [-0.3, -0.25) is 4.79 Å². The first kappa shape index (κ1) is 15.4. The smallest absolute Gasteiger partial charge is 0.289 e. The molecule has 1 saturated heterocycles.